The molecule has 0 bridgehead atoms. The number of halogens is 5. The summed E-state index contributed by atoms with van der Waals surface area (Å²) >= 11 is 0. The quantitative estimate of drug-likeness (QED) is 0.548. The molecule has 2 aliphatic rings. The number of amides is 1. The summed E-state index contributed by atoms with van der Waals surface area (Å²) in [4.78, 5) is 17.5. The molecule has 0 aliphatic carbocycles. The molecule has 4 rings (SSSR count). The third kappa shape index (κ3) is 4.78. The number of methoxy groups -OCH3 is 1. The van der Waals surface area contributed by atoms with Crippen LogP contribution in [0.5, 0.6) is 5.75 Å². The van der Waals surface area contributed by atoms with E-state index in [-0.39, 0.29) is 11.3 Å². The largest absolute Gasteiger partial charge is 0.493 e. The van der Waals surface area contributed by atoms with Gasteiger partial charge < -0.3 is 19.5 Å². The number of nitrogens with one attached hydrogen (secondary N) is 1. The number of aromatic nitrogens is 1. The van der Waals surface area contributed by atoms with Crippen LogP contribution in [0.3, 0.4) is 0 Å². The molecule has 1 aromatic carbocycles. The van der Waals surface area contributed by atoms with Crippen LogP contribution in [0.2, 0.25) is 0 Å². The zero-order valence-electron chi connectivity index (χ0n) is 20.0. The van der Waals surface area contributed by atoms with Gasteiger partial charge in [-0.3, -0.25) is 9.78 Å². The number of hydrogen-bond acceptors (Lipinski definition) is 5. The lowest BCUT2D eigenvalue weighted by molar-refractivity contribution is -0.272. The fourth-order valence-electron chi connectivity index (χ4n) is 4.91. The maximum absolute atomic E-state index is 14.4. The van der Waals surface area contributed by atoms with Gasteiger partial charge in [-0.15, -0.1) is 0 Å². The van der Waals surface area contributed by atoms with Gasteiger partial charge in [0.1, 0.15) is 6.10 Å². The molecule has 2 aliphatic heterocycles. The molecule has 0 unspecified atom stereocenters. The van der Waals surface area contributed by atoms with Crippen LogP contribution in [-0.4, -0.2) is 49.1 Å². The summed E-state index contributed by atoms with van der Waals surface area (Å²) in [5, 5.41) is 2.55. The smallest absolute Gasteiger partial charge is 0.417 e. The average Bonchev–Trinajstić information content (AvgIpc) is 3.43. The summed E-state index contributed by atoms with van der Waals surface area (Å²) in [5.41, 5.74) is -1.76. The lowest BCUT2D eigenvalue weighted by Gasteiger charge is -2.32. The molecule has 2 saturated heterocycles. The van der Waals surface area contributed by atoms with E-state index in [9.17, 15) is 26.7 Å². The molecule has 0 saturated carbocycles. The van der Waals surface area contributed by atoms with Crippen molar-refractivity contribution in [2.75, 3.05) is 25.6 Å². The summed E-state index contributed by atoms with van der Waals surface area (Å²) in [5.74, 6) is -6.27. The van der Waals surface area contributed by atoms with Crippen LogP contribution in [0.1, 0.15) is 37.4 Å². The second kappa shape index (κ2) is 9.93. The predicted octanol–water partition coefficient (Wildman–Crippen LogP) is 5.03. The van der Waals surface area contributed by atoms with Crippen molar-refractivity contribution in [1.29, 1.82) is 0 Å². The lowest BCUT2D eigenvalue weighted by atomic mass is 9.77. The van der Waals surface area contributed by atoms with E-state index >= 15 is 0 Å². The first-order valence-corrected chi connectivity index (χ1v) is 11.6. The Labute approximate surface area is 205 Å². The number of pyridine rings is 1. The van der Waals surface area contributed by atoms with Crippen LogP contribution < -0.4 is 10.1 Å². The first-order chi connectivity index (χ1) is 17.0. The van der Waals surface area contributed by atoms with Gasteiger partial charge in [0.15, 0.2) is 17.2 Å². The standard InChI is InChI=1S/C25H27F5N2O4/c1-13-19(17-6-7-18(26)20(27)21(17)34-3)22(36-24(13,2)25(28,29)30)23(33)32-16-5-4-15(31-11-16)10-14-8-9-35-12-14/h4-7,11,13-14,19,22H,8-10,12H2,1-3H3,(H,32,33)/t13-,14-,19-,22+,24+/m0/s1. The summed E-state index contributed by atoms with van der Waals surface area (Å²) in [6.45, 7) is 3.46. The number of anilines is 1. The second-order valence-electron chi connectivity index (χ2n) is 9.40. The Balaban J connectivity index is 1.62. The van der Waals surface area contributed by atoms with Gasteiger partial charge in [0.2, 0.25) is 5.82 Å². The normalized spacial score (nSPS) is 28.3. The lowest BCUT2D eigenvalue weighted by Crippen LogP contribution is -2.47. The number of nitrogens with zero attached hydrogens (tertiary/aromatic N) is 1. The summed E-state index contributed by atoms with van der Waals surface area (Å²) in [6.07, 6.45) is -3.44. The Morgan fingerprint density at radius 2 is 2.00 bits per heavy atom. The van der Waals surface area contributed by atoms with E-state index in [1.54, 1.807) is 12.1 Å². The predicted molar refractivity (Wildman–Crippen MR) is 120 cm³/mol. The first kappa shape index (κ1) is 26.3. The van der Waals surface area contributed by atoms with Crippen molar-refractivity contribution in [3.63, 3.8) is 0 Å². The molecule has 1 N–H and O–H groups in total. The molecular weight excluding hydrogens is 487 g/mol. The number of hydrogen-bond donors (Lipinski definition) is 1. The topological polar surface area (TPSA) is 69.7 Å². The van der Waals surface area contributed by atoms with Crippen molar-refractivity contribution in [3.05, 3.63) is 53.4 Å². The van der Waals surface area contributed by atoms with Gasteiger partial charge in [-0.25, -0.2) is 4.39 Å². The molecule has 2 fully saturated rings. The van der Waals surface area contributed by atoms with Crippen LogP contribution in [-0.2, 0) is 20.7 Å². The monoisotopic (exact) mass is 514 g/mol. The van der Waals surface area contributed by atoms with Crippen LogP contribution in [0.25, 0.3) is 0 Å². The molecule has 6 nitrogen and oxygen atoms in total. The highest BCUT2D eigenvalue weighted by atomic mass is 19.4. The molecule has 0 spiro atoms. The SMILES string of the molecule is COc1c([C@H]2[C@H](C(=O)Nc3ccc(C[C@@H]4CCOC4)nc3)O[C@@](C)(C(F)(F)F)[C@H]2C)ccc(F)c1F. The van der Waals surface area contributed by atoms with E-state index in [1.165, 1.54) is 13.1 Å². The molecule has 0 radical (unpaired) electrons. The Morgan fingerprint density at radius 3 is 2.58 bits per heavy atom. The van der Waals surface area contributed by atoms with Gasteiger partial charge in [-0.05, 0) is 43.9 Å². The molecule has 2 aromatic rings. The van der Waals surface area contributed by atoms with E-state index in [0.717, 1.165) is 38.3 Å². The minimum Gasteiger partial charge on any atom is -0.493 e. The van der Waals surface area contributed by atoms with Gasteiger partial charge >= 0.3 is 6.18 Å². The molecule has 1 amide bonds. The van der Waals surface area contributed by atoms with Crippen molar-refractivity contribution in [2.45, 2.75) is 50.5 Å². The van der Waals surface area contributed by atoms with E-state index < -0.39 is 53.0 Å². The highest BCUT2D eigenvalue weighted by Gasteiger charge is 2.65. The van der Waals surface area contributed by atoms with Gasteiger partial charge in [0.25, 0.3) is 5.91 Å². The first-order valence-electron chi connectivity index (χ1n) is 11.6. The molecule has 36 heavy (non-hydrogen) atoms. The molecule has 196 valence electrons. The highest BCUT2D eigenvalue weighted by molar-refractivity contribution is 5.95. The van der Waals surface area contributed by atoms with E-state index in [0.29, 0.717) is 25.6 Å². The fraction of sp³-hybridized carbons (Fsp3) is 0.520. The van der Waals surface area contributed by atoms with Gasteiger partial charge in [0.05, 0.1) is 19.0 Å². The third-order valence-corrected chi connectivity index (χ3v) is 7.18. The number of ether oxygens (including phenoxy) is 3. The zero-order chi connectivity index (χ0) is 26.3. The Hall–Kier alpha value is -2.79. The molecule has 11 heteroatoms. The van der Waals surface area contributed by atoms with E-state index in [4.69, 9.17) is 14.2 Å². The number of rotatable bonds is 6. The molecule has 3 heterocycles. The van der Waals surface area contributed by atoms with Crippen molar-refractivity contribution < 1.29 is 41.0 Å². The van der Waals surface area contributed by atoms with Crippen molar-refractivity contribution in [2.24, 2.45) is 11.8 Å². The average molecular weight is 514 g/mol. The second-order valence-corrected chi connectivity index (χ2v) is 9.40. The molecule has 1 aromatic heterocycles. The van der Waals surface area contributed by atoms with E-state index in [1.807, 2.05) is 0 Å². The highest BCUT2D eigenvalue weighted by Crippen LogP contribution is 2.55. The summed E-state index contributed by atoms with van der Waals surface area (Å²) in [6, 6.07) is 5.23. The fourth-order valence-corrected chi connectivity index (χ4v) is 4.91. The molecule has 5 atom stereocenters. The zero-order valence-corrected chi connectivity index (χ0v) is 20.0. The number of carbonyl (C=O) groups excluding carboxylic acids is 1. The summed E-state index contributed by atoms with van der Waals surface area (Å²) in [7, 11) is 1.07. The van der Waals surface area contributed by atoms with Crippen molar-refractivity contribution in [1.82, 2.24) is 4.98 Å². The van der Waals surface area contributed by atoms with Gasteiger partial charge in [-0.1, -0.05) is 13.0 Å². The number of carbonyl (C=O) groups is 1. The minimum absolute atomic E-state index is 0.0933. The van der Waals surface area contributed by atoms with Crippen LogP contribution in [0, 0.1) is 23.5 Å². The van der Waals surface area contributed by atoms with Crippen LogP contribution in [0.4, 0.5) is 27.6 Å². The number of benzene rings is 1. The summed E-state index contributed by atoms with van der Waals surface area (Å²) < 4.78 is 86.1. The Kier molecular flexibility index (Phi) is 7.25. The third-order valence-electron chi connectivity index (χ3n) is 7.18. The molecular formula is C25H27F5N2O4. The van der Waals surface area contributed by atoms with Gasteiger partial charge in [0, 0.05) is 36.3 Å². The maximum atomic E-state index is 14.4. The number of alkyl halides is 3. The van der Waals surface area contributed by atoms with E-state index in [2.05, 4.69) is 10.3 Å². The van der Waals surface area contributed by atoms with Crippen LogP contribution >= 0.6 is 0 Å². The van der Waals surface area contributed by atoms with Gasteiger partial charge in [-0.2, -0.15) is 17.6 Å². The van der Waals surface area contributed by atoms with Crippen molar-refractivity contribution in [3.8, 4) is 5.75 Å². The minimum atomic E-state index is -4.83. The Morgan fingerprint density at radius 1 is 1.25 bits per heavy atom. The van der Waals surface area contributed by atoms with Crippen molar-refractivity contribution >= 4 is 11.6 Å². The van der Waals surface area contributed by atoms with Crippen LogP contribution in [0.15, 0.2) is 30.5 Å². The maximum Gasteiger partial charge on any atom is 0.417 e. The Bertz CT molecular complexity index is 1100.